The largest absolute Gasteiger partial charge is 0.350 e. The molecule has 2 rings (SSSR count). The van der Waals surface area contributed by atoms with Gasteiger partial charge in [0.2, 0.25) is 15.7 Å². The van der Waals surface area contributed by atoms with Gasteiger partial charge in [-0.15, -0.1) is 0 Å². The van der Waals surface area contributed by atoms with Gasteiger partial charge in [0.05, 0.1) is 10.0 Å². The lowest BCUT2D eigenvalue weighted by Crippen LogP contribution is -2.35. The van der Waals surface area contributed by atoms with Crippen LogP contribution in [0.5, 0.6) is 0 Å². The van der Waals surface area contributed by atoms with E-state index in [0.717, 1.165) is 19.6 Å². The lowest BCUT2D eigenvalue weighted by molar-refractivity contribution is 0.294. The Kier molecular flexibility index (Phi) is 8.67. The second-order valence-electron chi connectivity index (χ2n) is 6.09. The van der Waals surface area contributed by atoms with Crippen LogP contribution in [0.15, 0.2) is 18.2 Å². The van der Waals surface area contributed by atoms with E-state index in [1.807, 2.05) is 6.92 Å². The zero-order chi connectivity index (χ0) is 20.9. The molecule has 1 atom stereocenters. The van der Waals surface area contributed by atoms with E-state index in [0.29, 0.717) is 21.7 Å². The van der Waals surface area contributed by atoms with Crippen molar-refractivity contribution in [3.63, 3.8) is 0 Å². The standard InChI is InChI=1S/C17H21Cl5N6/c1-4-28(5-2)9-10(3)23-15-25-14(17(20,21)22)26-16(27-15)24-11-6-7-12(18)13(19)8-11/h6-8,10H,4-5,9H2,1-3H3,(H2,23,24,25,26,27). The number of alkyl halides is 3. The molecule has 0 aliphatic carbocycles. The normalized spacial score (nSPS) is 12.9. The minimum atomic E-state index is -1.80. The van der Waals surface area contributed by atoms with Crippen molar-refractivity contribution in [2.45, 2.75) is 30.6 Å². The highest BCUT2D eigenvalue weighted by molar-refractivity contribution is 6.66. The lowest BCUT2D eigenvalue weighted by atomic mass is 10.3. The quantitative estimate of drug-likeness (QED) is 0.454. The summed E-state index contributed by atoms with van der Waals surface area (Å²) in [6, 6.07) is 5.12. The lowest BCUT2D eigenvalue weighted by Gasteiger charge is -2.23. The van der Waals surface area contributed by atoms with Gasteiger partial charge in [0.1, 0.15) is 0 Å². The molecule has 28 heavy (non-hydrogen) atoms. The molecule has 2 aromatic rings. The summed E-state index contributed by atoms with van der Waals surface area (Å²) >= 11 is 30.0. The van der Waals surface area contributed by atoms with Gasteiger partial charge in [-0.05, 0) is 38.2 Å². The maximum Gasteiger partial charge on any atom is 0.250 e. The third-order valence-electron chi connectivity index (χ3n) is 3.87. The molecule has 1 heterocycles. The number of hydrogen-bond acceptors (Lipinski definition) is 6. The molecule has 0 saturated carbocycles. The number of benzene rings is 1. The number of hydrogen-bond donors (Lipinski definition) is 2. The van der Waals surface area contributed by atoms with Crippen LogP contribution in [0.3, 0.4) is 0 Å². The van der Waals surface area contributed by atoms with Gasteiger partial charge in [-0.2, -0.15) is 15.0 Å². The van der Waals surface area contributed by atoms with Crippen molar-refractivity contribution in [3.05, 3.63) is 34.1 Å². The van der Waals surface area contributed by atoms with Gasteiger partial charge in [-0.3, -0.25) is 0 Å². The molecule has 0 bridgehead atoms. The average molecular weight is 487 g/mol. The molecular weight excluding hydrogens is 465 g/mol. The first-order valence-corrected chi connectivity index (χ1v) is 10.6. The first-order valence-electron chi connectivity index (χ1n) is 8.66. The summed E-state index contributed by atoms with van der Waals surface area (Å²) in [5, 5.41) is 7.10. The highest BCUT2D eigenvalue weighted by Gasteiger charge is 2.28. The van der Waals surface area contributed by atoms with Crippen LogP contribution < -0.4 is 10.6 Å². The number of nitrogens with one attached hydrogen (secondary N) is 2. The first kappa shape index (κ1) is 23.5. The summed E-state index contributed by atoms with van der Waals surface area (Å²) in [7, 11) is 0. The number of likely N-dealkylation sites (N-methyl/N-ethyl adjacent to an activating group) is 1. The minimum Gasteiger partial charge on any atom is -0.350 e. The van der Waals surface area contributed by atoms with Gasteiger partial charge >= 0.3 is 0 Å². The number of nitrogens with zero attached hydrogens (tertiary/aromatic N) is 4. The van der Waals surface area contributed by atoms with Gasteiger partial charge in [0.15, 0.2) is 5.82 Å². The fourth-order valence-corrected chi connectivity index (χ4v) is 3.01. The third kappa shape index (κ3) is 6.94. The molecule has 0 fully saturated rings. The maximum absolute atomic E-state index is 6.05. The van der Waals surface area contributed by atoms with Crippen LogP contribution in [0.25, 0.3) is 0 Å². The smallest absolute Gasteiger partial charge is 0.250 e. The van der Waals surface area contributed by atoms with E-state index in [1.54, 1.807) is 18.2 Å². The monoisotopic (exact) mass is 484 g/mol. The summed E-state index contributed by atoms with van der Waals surface area (Å²) in [4.78, 5) is 15.1. The molecule has 0 amide bonds. The Morgan fingerprint density at radius 3 is 2.21 bits per heavy atom. The molecule has 11 heteroatoms. The van der Waals surface area contributed by atoms with E-state index in [4.69, 9.17) is 58.0 Å². The fourth-order valence-electron chi connectivity index (χ4n) is 2.46. The zero-order valence-corrected chi connectivity index (χ0v) is 19.4. The summed E-state index contributed by atoms with van der Waals surface area (Å²) in [5.74, 6) is 0.526. The number of anilines is 3. The number of aromatic nitrogens is 3. The van der Waals surface area contributed by atoms with Crippen LogP contribution in [0.1, 0.15) is 26.6 Å². The molecule has 2 N–H and O–H groups in total. The van der Waals surface area contributed by atoms with Gasteiger partial charge in [-0.1, -0.05) is 71.9 Å². The van der Waals surface area contributed by atoms with Crippen molar-refractivity contribution in [2.24, 2.45) is 0 Å². The summed E-state index contributed by atoms with van der Waals surface area (Å²) in [6.07, 6.45) is 0. The molecular formula is C17H21Cl5N6. The van der Waals surface area contributed by atoms with E-state index in [2.05, 4.69) is 44.3 Å². The van der Waals surface area contributed by atoms with Crippen LogP contribution in [-0.4, -0.2) is 45.5 Å². The molecule has 0 aliphatic heterocycles. The number of halogens is 5. The van der Waals surface area contributed by atoms with E-state index >= 15 is 0 Å². The Balaban J connectivity index is 2.27. The third-order valence-corrected chi connectivity index (χ3v) is 5.11. The summed E-state index contributed by atoms with van der Waals surface area (Å²) in [6.45, 7) is 8.96. The predicted octanol–water partition coefficient (Wildman–Crippen LogP) is 5.89. The Hall–Kier alpha value is -0.760. The van der Waals surface area contributed by atoms with E-state index in [1.165, 1.54) is 0 Å². The zero-order valence-electron chi connectivity index (χ0n) is 15.6. The van der Waals surface area contributed by atoms with Gasteiger partial charge in [0.25, 0.3) is 0 Å². The van der Waals surface area contributed by atoms with Crippen LogP contribution >= 0.6 is 58.0 Å². The highest BCUT2D eigenvalue weighted by Crippen LogP contribution is 2.36. The minimum absolute atomic E-state index is 0.00704. The Morgan fingerprint density at radius 1 is 1.00 bits per heavy atom. The molecule has 6 nitrogen and oxygen atoms in total. The highest BCUT2D eigenvalue weighted by atomic mass is 35.6. The van der Waals surface area contributed by atoms with Gasteiger partial charge in [0, 0.05) is 18.3 Å². The Morgan fingerprint density at radius 2 is 1.64 bits per heavy atom. The predicted molar refractivity (Wildman–Crippen MR) is 120 cm³/mol. The van der Waals surface area contributed by atoms with Crippen LogP contribution in [0.2, 0.25) is 10.0 Å². The van der Waals surface area contributed by atoms with E-state index in [-0.39, 0.29) is 17.8 Å². The van der Waals surface area contributed by atoms with Gasteiger partial charge < -0.3 is 15.5 Å². The molecule has 0 aliphatic rings. The molecule has 1 aromatic heterocycles. The molecule has 1 aromatic carbocycles. The van der Waals surface area contributed by atoms with Crippen LogP contribution in [-0.2, 0) is 3.79 Å². The summed E-state index contributed by atoms with van der Waals surface area (Å²) < 4.78 is -1.80. The van der Waals surface area contributed by atoms with Crippen molar-refractivity contribution >= 4 is 75.6 Å². The van der Waals surface area contributed by atoms with E-state index in [9.17, 15) is 0 Å². The second kappa shape index (κ2) is 10.3. The molecule has 0 radical (unpaired) electrons. The molecule has 154 valence electrons. The van der Waals surface area contributed by atoms with Crippen molar-refractivity contribution in [3.8, 4) is 0 Å². The second-order valence-corrected chi connectivity index (χ2v) is 9.18. The fraction of sp³-hybridized carbons (Fsp3) is 0.471. The van der Waals surface area contributed by atoms with Crippen LogP contribution in [0.4, 0.5) is 17.6 Å². The van der Waals surface area contributed by atoms with Crippen molar-refractivity contribution in [1.82, 2.24) is 19.9 Å². The topological polar surface area (TPSA) is 66.0 Å². The summed E-state index contributed by atoms with van der Waals surface area (Å²) in [5.41, 5.74) is 0.637. The van der Waals surface area contributed by atoms with E-state index < -0.39 is 3.79 Å². The van der Waals surface area contributed by atoms with Gasteiger partial charge in [-0.25, -0.2) is 0 Å². The van der Waals surface area contributed by atoms with Crippen molar-refractivity contribution in [2.75, 3.05) is 30.3 Å². The number of rotatable bonds is 8. The average Bonchev–Trinajstić information content (AvgIpc) is 2.62. The molecule has 1 unspecified atom stereocenters. The molecule has 0 saturated heterocycles. The van der Waals surface area contributed by atoms with Crippen molar-refractivity contribution < 1.29 is 0 Å². The van der Waals surface area contributed by atoms with Crippen LogP contribution in [0, 0.1) is 0 Å². The Labute approximate surface area is 189 Å². The first-order chi connectivity index (χ1) is 13.1. The maximum atomic E-state index is 6.05. The van der Waals surface area contributed by atoms with Crippen molar-refractivity contribution in [1.29, 1.82) is 0 Å². The molecule has 0 spiro atoms. The Bertz CT molecular complexity index is 794. The SMILES string of the molecule is CCN(CC)CC(C)Nc1nc(Nc2ccc(Cl)c(Cl)c2)nc(C(Cl)(Cl)Cl)n1.